The van der Waals surface area contributed by atoms with Gasteiger partial charge in [-0.2, -0.15) is 0 Å². The molecule has 0 unspecified atom stereocenters. The summed E-state index contributed by atoms with van der Waals surface area (Å²) in [7, 11) is 0. The van der Waals surface area contributed by atoms with Gasteiger partial charge in [-0.05, 0) is 43.0 Å². The van der Waals surface area contributed by atoms with Gasteiger partial charge in [-0.15, -0.1) is 0 Å². The molecule has 2 aromatic rings. The third-order valence-electron chi connectivity index (χ3n) is 3.80. The predicted molar refractivity (Wildman–Crippen MR) is 97.0 cm³/mol. The van der Waals surface area contributed by atoms with Crippen LogP contribution in [0.25, 0.3) is 0 Å². The molecule has 24 heavy (non-hydrogen) atoms. The van der Waals surface area contributed by atoms with E-state index in [2.05, 4.69) is 17.4 Å². The summed E-state index contributed by atoms with van der Waals surface area (Å²) < 4.78 is 0. The minimum absolute atomic E-state index is 0.0458. The number of anilines is 1. The molecular formula is C20H24N2O2. The number of amides is 2. The van der Waals surface area contributed by atoms with Gasteiger partial charge in [-0.25, -0.2) is 0 Å². The molecule has 4 nitrogen and oxygen atoms in total. The van der Waals surface area contributed by atoms with E-state index in [0.29, 0.717) is 6.54 Å². The van der Waals surface area contributed by atoms with E-state index in [4.69, 9.17) is 0 Å². The molecule has 0 atom stereocenters. The second-order valence-corrected chi connectivity index (χ2v) is 5.88. The summed E-state index contributed by atoms with van der Waals surface area (Å²) >= 11 is 0. The Kier molecular flexibility index (Phi) is 6.55. The molecule has 0 radical (unpaired) electrons. The van der Waals surface area contributed by atoms with Crippen molar-refractivity contribution in [3.05, 3.63) is 65.7 Å². The lowest BCUT2D eigenvalue weighted by atomic mass is 10.1. The molecule has 1 N–H and O–H groups in total. The van der Waals surface area contributed by atoms with Crippen molar-refractivity contribution in [2.45, 2.75) is 26.7 Å². The van der Waals surface area contributed by atoms with Crippen molar-refractivity contribution in [1.29, 1.82) is 0 Å². The number of nitrogens with one attached hydrogen (secondary N) is 1. The van der Waals surface area contributed by atoms with Crippen LogP contribution in [0.5, 0.6) is 0 Å². The topological polar surface area (TPSA) is 49.4 Å². The van der Waals surface area contributed by atoms with Crippen LogP contribution in [-0.4, -0.2) is 24.9 Å². The molecule has 0 aromatic heterocycles. The highest BCUT2D eigenvalue weighted by Crippen LogP contribution is 2.15. The van der Waals surface area contributed by atoms with Crippen molar-refractivity contribution in [2.75, 3.05) is 18.0 Å². The van der Waals surface area contributed by atoms with E-state index in [9.17, 15) is 9.59 Å². The fourth-order valence-corrected chi connectivity index (χ4v) is 2.54. The Hall–Kier alpha value is -2.62. The third-order valence-corrected chi connectivity index (χ3v) is 3.80. The molecule has 0 bridgehead atoms. The Morgan fingerprint density at radius 1 is 1.04 bits per heavy atom. The highest BCUT2D eigenvalue weighted by Gasteiger charge is 2.15. The standard InChI is InChI=1S/C20H24N2O2/c1-16-8-6-12-19(14-16)22(17(2)23)15-20(24)21-13-7-11-18-9-4-3-5-10-18/h3-6,8-10,12,14H,7,11,13,15H2,1-2H3,(H,21,24). The number of carbonyl (C=O) groups excluding carboxylic acids is 2. The Morgan fingerprint density at radius 2 is 1.79 bits per heavy atom. The number of aryl methyl sites for hydroxylation is 2. The van der Waals surface area contributed by atoms with Crippen molar-refractivity contribution in [3.63, 3.8) is 0 Å². The first-order chi connectivity index (χ1) is 11.6. The zero-order chi connectivity index (χ0) is 17.4. The molecule has 2 rings (SSSR count). The van der Waals surface area contributed by atoms with E-state index in [1.54, 1.807) is 0 Å². The molecule has 0 aliphatic heterocycles. The first-order valence-corrected chi connectivity index (χ1v) is 8.21. The van der Waals surface area contributed by atoms with Crippen LogP contribution in [0, 0.1) is 6.92 Å². The number of rotatable bonds is 7. The summed E-state index contributed by atoms with van der Waals surface area (Å²) in [5.41, 5.74) is 3.07. The van der Waals surface area contributed by atoms with E-state index >= 15 is 0 Å². The van der Waals surface area contributed by atoms with Crippen molar-refractivity contribution in [2.24, 2.45) is 0 Å². The zero-order valence-electron chi connectivity index (χ0n) is 14.3. The van der Waals surface area contributed by atoms with Gasteiger partial charge in [0, 0.05) is 19.2 Å². The van der Waals surface area contributed by atoms with E-state index in [1.165, 1.54) is 17.4 Å². The largest absolute Gasteiger partial charge is 0.355 e. The maximum absolute atomic E-state index is 12.1. The fourth-order valence-electron chi connectivity index (χ4n) is 2.54. The lowest BCUT2D eigenvalue weighted by molar-refractivity contribution is -0.123. The van der Waals surface area contributed by atoms with Gasteiger partial charge >= 0.3 is 0 Å². The van der Waals surface area contributed by atoms with E-state index in [0.717, 1.165) is 24.1 Å². The van der Waals surface area contributed by atoms with Gasteiger partial charge in [0.05, 0.1) is 0 Å². The van der Waals surface area contributed by atoms with Crippen LogP contribution in [0.4, 0.5) is 5.69 Å². The molecule has 0 fully saturated rings. The first-order valence-electron chi connectivity index (χ1n) is 8.21. The van der Waals surface area contributed by atoms with Crippen LogP contribution in [-0.2, 0) is 16.0 Å². The summed E-state index contributed by atoms with van der Waals surface area (Å²) in [6, 6.07) is 17.8. The Morgan fingerprint density at radius 3 is 2.46 bits per heavy atom. The minimum Gasteiger partial charge on any atom is -0.355 e. The van der Waals surface area contributed by atoms with Crippen LogP contribution in [0.15, 0.2) is 54.6 Å². The Balaban J connectivity index is 1.82. The Bertz CT molecular complexity index is 683. The smallest absolute Gasteiger partial charge is 0.240 e. The van der Waals surface area contributed by atoms with Gasteiger partial charge in [0.15, 0.2) is 0 Å². The molecule has 0 saturated carbocycles. The summed E-state index contributed by atoms with van der Waals surface area (Å²) in [5, 5.41) is 2.89. The quantitative estimate of drug-likeness (QED) is 0.796. The molecule has 4 heteroatoms. The molecule has 0 heterocycles. The molecule has 2 aromatic carbocycles. The van der Waals surface area contributed by atoms with Gasteiger partial charge in [-0.3, -0.25) is 9.59 Å². The number of carbonyl (C=O) groups is 2. The van der Waals surface area contributed by atoms with E-state index in [1.807, 2.05) is 49.4 Å². The van der Waals surface area contributed by atoms with Crippen molar-refractivity contribution in [3.8, 4) is 0 Å². The fraction of sp³-hybridized carbons (Fsp3) is 0.300. The van der Waals surface area contributed by atoms with Gasteiger partial charge in [-0.1, -0.05) is 42.5 Å². The number of hydrogen-bond acceptors (Lipinski definition) is 2. The van der Waals surface area contributed by atoms with Crippen molar-refractivity contribution < 1.29 is 9.59 Å². The van der Waals surface area contributed by atoms with E-state index < -0.39 is 0 Å². The minimum atomic E-state index is -0.139. The molecule has 0 aliphatic rings. The van der Waals surface area contributed by atoms with Crippen LogP contribution in [0.3, 0.4) is 0 Å². The number of nitrogens with zero attached hydrogens (tertiary/aromatic N) is 1. The average Bonchev–Trinajstić information content (AvgIpc) is 2.57. The SMILES string of the molecule is CC(=O)N(CC(=O)NCCCc1ccccc1)c1cccc(C)c1. The summed E-state index contributed by atoms with van der Waals surface area (Å²) in [5.74, 6) is -0.278. The monoisotopic (exact) mass is 324 g/mol. The lowest BCUT2D eigenvalue weighted by Gasteiger charge is -2.21. The molecule has 126 valence electrons. The highest BCUT2D eigenvalue weighted by molar-refractivity contribution is 5.97. The maximum atomic E-state index is 12.1. The maximum Gasteiger partial charge on any atom is 0.240 e. The molecular weight excluding hydrogens is 300 g/mol. The normalized spacial score (nSPS) is 10.2. The van der Waals surface area contributed by atoms with Crippen LogP contribution < -0.4 is 10.2 Å². The summed E-state index contributed by atoms with van der Waals surface area (Å²) in [6.07, 6.45) is 1.80. The van der Waals surface area contributed by atoms with Crippen molar-refractivity contribution in [1.82, 2.24) is 5.32 Å². The second kappa shape index (κ2) is 8.87. The number of benzene rings is 2. The Labute approximate surface area is 143 Å². The molecule has 2 amide bonds. The molecule has 0 aliphatic carbocycles. The van der Waals surface area contributed by atoms with Crippen molar-refractivity contribution >= 4 is 17.5 Å². The van der Waals surface area contributed by atoms with Gasteiger partial charge in [0.1, 0.15) is 6.54 Å². The second-order valence-electron chi connectivity index (χ2n) is 5.88. The average molecular weight is 324 g/mol. The van der Waals surface area contributed by atoms with Crippen LogP contribution in [0.2, 0.25) is 0 Å². The zero-order valence-corrected chi connectivity index (χ0v) is 14.3. The first kappa shape index (κ1) is 17.7. The molecule has 0 spiro atoms. The van der Waals surface area contributed by atoms with Gasteiger partial charge in [0.2, 0.25) is 11.8 Å². The highest BCUT2D eigenvalue weighted by atomic mass is 16.2. The van der Waals surface area contributed by atoms with Gasteiger partial charge in [0.25, 0.3) is 0 Å². The van der Waals surface area contributed by atoms with Crippen LogP contribution in [0.1, 0.15) is 24.5 Å². The number of hydrogen-bond donors (Lipinski definition) is 1. The lowest BCUT2D eigenvalue weighted by Crippen LogP contribution is -2.40. The summed E-state index contributed by atoms with van der Waals surface area (Å²) in [4.78, 5) is 25.5. The predicted octanol–water partition coefficient (Wildman–Crippen LogP) is 3.10. The van der Waals surface area contributed by atoms with E-state index in [-0.39, 0.29) is 18.4 Å². The molecule has 0 saturated heterocycles. The van der Waals surface area contributed by atoms with Crippen LogP contribution >= 0.6 is 0 Å². The summed E-state index contributed by atoms with van der Waals surface area (Å²) in [6.45, 7) is 4.09. The van der Waals surface area contributed by atoms with Gasteiger partial charge < -0.3 is 10.2 Å². The third kappa shape index (κ3) is 5.54.